The van der Waals surface area contributed by atoms with Crippen molar-refractivity contribution in [1.82, 2.24) is 4.90 Å². The van der Waals surface area contributed by atoms with Gasteiger partial charge in [-0.2, -0.15) is 0 Å². The van der Waals surface area contributed by atoms with Crippen molar-refractivity contribution in [3.63, 3.8) is 0 Å². The van der Waals surface area contributed by atoms with E-state index >= 15 is 0 Å². The average molecular weight is 292 g/mol. The summed E-state index contributed by atoms with van der Waals surface area (Å²) in [5.74, 6) is -0.00394. The number of anilines is 1. The van der Waals surface area contributed by atoms with E-state index in [1.807, 2.05) is 13.8 Å². The molecule has 0 aromatic heterocycles. The van der Waals surface area contributed by atoms with Crippen molar-refractivity contribution in [2.24, 2.45) is 5.41 Å². The lowest BCUT2D eigenvalue weighted by molar-refractivity contribution is 0.101. The maximum Gasteiger partial charge on any atom is 0.321 e. The number of carbonyl (C=O) groups is 2. The molecule has 5 nitrogen and oxygen atoms in total. The molecule has 0 aliphatic carbocycles. The zero-order valence-corrected chi connectivity index (χ0v) is 13.1. The van der Waals surface area contributed by atoms with Crippen LogP contribution in [-0.2, 0) is 0 Å². The Morgan fingerprint density at radius 1 is 1.24 bits per heavy atom. The smallest absolute Gasteiger partial charge is 0.321 e. The van der Waals surface area contributed by atoms with Crippen LogP contribution in [0.4, 0.5) is 10.5 Å². The van der Waals surface area contributed by atoms with Crippen LogP contribution in [-0.4, -0.2) is 42.0 Å². The quantitative estimate of drug-likeness (QED) is 0.792. The third kappa shape index (κ3) is 5.55. The maximum absolute atomic E-state index is 12.1. The minimum Gasteiger partial charge on any atom is -0.396 e. The van der Waals surface area contributed by atoms with Crippen molar-refractivity contribution in [3.8, 4) is 0 Å². The molecule has 0 heterocycles. The van der Waals surface area contributed by atoms with Crippen LogP contribution in [0.15, 0.2) is 24.3 Å². The van der Waals surface area contributed by atoms with E-state index in [4.69, 9.17) is 5.11 Å². The van der Waals surface area contributed by atoms with Gasteiger partial charge in [-0.25, -0.2) is 4.79 Å². The van der Waals surface area contributed by atoms with Crippen LogP contribution in [0.5, 0.6) is 0 Å². The number of hydrogen-bond acceptors (Lipinski definition) is 3. The fraction of sp³-hybridized carbons (Fsp3) is 0.500. The SMILES string of the molecule is CC(=O)c1ccc(NC(=O)N(C)CC(C)(C)CCO)cc1. The Kier molecular flexibility index (Phi) is 5.90. The molecule has 0 saturated heterocycles. The van der Waals surface area contributed by atoms with Crippen LogP contribution in [0, 0.1) is 5.41 Å². The summed E-state index contributed by atoms with van der Waals surface area (Å²) in [7, 11) is 1.72. The van der Waals surface area contributed by atoms with Gasteiger partial charge in [-0.3, -0.25) is 4.79 Å². The summed E-state index contributed by atoms with van der Waals surface area (Å²) < 4.78 is 0. The molecule has 0 radical (unpaired) electrons. The van der Waals surface area contributed by atoms with Crippen LogP contribution in [0.3, 0.4) is 0 Å². The van der Waals surface area contributed by atoms with E-state index in [1.54, 1.807) is 36.2 Å². The average Bonchev–Trinajstić information content (AvgIpc) is 2.38. The number of aliphatic hydroxyl groups excluding tert-OH is 1. The molecule has 1 aromatic rings. The maximum atomic E-state index is 12.1. The second-order valence-electron chi connectivity index (χ2n) is 6.06. The molecular weight excluding hydrogens is 268 g/mol. The van der Waals surface area contributed by atoms with Crippen LogP contribution >= 0.6 is 0 Å². The van der Waals surface area contributed by atoms with Crippen molar-refractivity contribution >= 4 is 17.5 Å². The number of benzene rings is 1. The number of urea groups is 1. The molecule has 116 valence electrons. The summed E-state index contributed by atoms with van der Waals surface area (Å²) in [6, 6.07) is 6.58. The standard InChI is InChI=1S/C16H24N2O3/c1-12(20)13-5-7-14(8-6-13)17-15(21)18(4)11-16(2,3)9-10-19/h5-8,19H,9-11H2,1-4H3,(H,17,21). The van der Waals surface area contributed by atoms with E-state index in [-0.39, 0.29) is 23.8 Å². The van der Waals surface area contributed by atoms with Crippen LogP contribution in [0.2, 0.25) is 0 Å². The van der Waals surface area contributed by atoms with Gasteiger partial charge in [0.15, 0.2) is 5.78 Å². The largest absolute Gasteiger partial charge is 0.396 e. The first-order valence-corrected chi connectivity index (χ1v) is 6.99. The number of Topliss-reactive ketones (excluding diaryl/α,β-unsaturated/α-hetero) is 1. The van der Waals surface area contributed by atoms with Crippen LogP contribution in [0.25, 0.3) is 0 Å². The molecular formula is C16H24N2O3. The van der Waals surface area contributed by atoms with Gasteiger partial charge in [0, 0.05) is 31.5 Å². The Balaban J connectivity index is 2.61. The van der Waals surface area contributed by atoms with Crippen molar-refractivity contribution in [3.05, 3.63) is 29.8 Å². The predicted octanol–water partition coefficient (Wildman–Crippen LogP) is 2.76. The number of amides is 2. The monoisotopic (exact) mass is 292 g/mol. The first-order chi connectivity index (χ1) is 9.75. The van der Waals surface area contributed by atoms with Gasteiger partial charge in [0.25, 0.3) is 0 Å². The lowest BCUT2D eigenvalue weighted by Crippen LogP contribution is -2.38. The molecule has 0 unspecified atom stereocenters. The van der Waals surface area contributed by atoms with Crippen molar-refractivity contribution in [1.29, 1.82) is 0 Å². The lowest BCUT2D eigenvalue weighted by Gasteiger charge is -2.29. The Morgan fingerprint density at radius 3 is 2.29 bits per heavy atom. The number of aliphatic hydroxyl groups is 1. The Labute approximate surface area is 126 Å². The summed E-state index contributed by atoms with van der Waals surface area (Å²) in [6.07, 6.45) is 0.637. The van der Waals surface area contributed by atoms with Gasteiger partial charge >= 0.3 is 6.03 Å². The first-order valence-electron chi connectivity index (χ1n) is 6.99. The summed E-state index contributed by atoms with van der Waals surface area (Å²) >= 11 is 0. The van der Waals surface area contributed by atoms with Crippen LogP contribution in [0.1, 0.15) is 37.6 Å². The van der Waals surface area contributed by atoms with Gasteiger partial charge < -0.3 is 15.3 Å². The highest BCUT2D eigenvalue weighted by Gasteiger charge is 2.22. The highest BCUT2D eigenvalue weighted by Crippen LogP contribution is 2.21. The molecule has 5 heteroatoms. The summed E-state index contributed by atoms with van der Waals surface area (Å²) in [4.78, 5) is 24.9. The number of hydrogen-bond donors (Lipinski definition) is 2. The van der Waals surface area contributed by atoms with E-state index in [1.165, 1.54) is 6.92 Å². The number of nitrogens with one attached hydrogen (secondary N) is 1. The highest BCUT2D eigenvalue weighted by molar-refractivity contribution is 5.95. The number of rotatable bonds is 6. The fourth-order valence-corrected chi connectivity index (χ4v) is 2.10. The van der Waals surface area contributed by atoms with Crippen molar-refractivity contribution in [2.75, 3.05) is 25.5 Å². The van der Waals surface area contributed by atoms with Gasteiger partial charge in [-0.15, -0.1) is 0 Å². The highest BCUT2D eigenvalue weighted by atomic mass is 16.3. The minimum atomic E-state index is -0.211. The summed E-state index contributed by atoms with van der Waals surface area (Å²) in [6.45, 7) is 6.17. The van der Waals surface area contributed by atoms with E-state index in [0.29, 0.717) is 24.2 Å². The molecule has 2 N–H and O–H groups in total. The number of nitrogens with zero attached hydrogens (tertiary/aromatic N) is 1. The molecule has 0 atom stereocenters. The van der Waals surface area contributed by atoms with Gasteiger partial charge in [-0.05, 0) is 43.0 Å². The second-order valence-corrected chi connectivity index (χ2v) is 6.06. The fourth-order valence-electron chi connectivity index (χ4n) is 2.10. The predicted molar refractivity (Wildman–Crippen MR) is 83.6 cm³/mol. The molecule has 1 aromatic carbocycles. The molecule has 0 aliphatic heterocycles. The zero-order chi connectivity index (χ0) is 16.0. The van der Waals surface area contributed by atoms with Crippen molar-refractivity contribution in [2.45, 2.75) is 27.2 Å². The van der Waals surface area contributed by atoms with Gasteiger partial charge in [-0.1, -0.05) is 13.8 Å². The molecule has 0 fully saturated rings. The molecule has 1 rings (SSSR count). The molecule has 0 aliphatic rings. The van der Waals surface area contributed by atoms with Gasteiger partial charge in [0.1, 0.15) is 0 Å². The lowest BCUT2D eigenvalue weighted by atomic mass is 9.89. The number of ketones is 1. The summed E-state index contributed by atoms with van der Waals surface area (Å²) in [5, 5.41) is 11.8. The van der Waals surface area contributed by atoms with Gasteiger partial charge in [0.05, 0.1) is 0 Å². The Bertz CT molecular complexity index is 495. The molecule has 0 spiro atoms. The van der Waals surface area contributed by atoms with Crippen LogP contribution < -0.4 is 5.32 Å². The topological polar surface area (TPSA) is 69.6 Å². The van der Waals surface area contributed by atoms with E-state index in [2.05, 4.69) is 5.32 Å². The molecule has 21 heavy (non-hydrogen) atoms. The molecule has 0 saturated carbocycles. The minimum absolute atomic E-state index is 0.00394. The molecule has 0 bridgehead atoms. The third-order valence-electron chi connectivity index (χ3n) is 3.34. The number of carbonyl (C=O) groups excluding carboxylic acids is 2. The van der Waals surface area contributed by atoms with E-state index < -0.39 is 0 Å². The second kappa shape index (κ2) is 7.22. The molecule has 2 amide bonds. The van der Waals surface area contributed by atoms with E-state index in [9.17, 15) is 9.59 Å². The third-order valence-corrected chi connectivity index (χ3v) is 3.34. The first kappa shape index (κ1) is 17.2. The van der Waals surface area contributed by atoms with Crippen molar-refractivity contribution < 1.29 is 14.7 Å². The Morgan fingerprint density at radius 2 is 1.81 bits per heavy atom. The Hall–Kier alpha value is -1.88. The normalized spacial score (nSPS) is 11.1. The van der Waals surface area contributed by atoms with Gasteiger partial charge in [0.2, 0.25) is 0 Å². The summed E-state index contributed by atoms with van der Waals surface area (Å²) in [5.41, 5.74) is 1.13. The zero-order valence-electron chi connectivity index (χ0n) is 13.1. The van der Waals surface area contributed by atoms with E-state index in [0.717, 1.165) is 0 Å².